The summed E-state index contributed by atoms with van der Waals surface area (Å²) < 4.78 is 25.2. The van der Waals surface area contributed by atoms with E-state index in [9.17, 15) is 0 Å². The van der Waals surface area contributed by atoms with Crippen LogP contribution in [0.3, 0.4) is 0 Å². The molecule has 4 fully saturated rings. The molecule has 2 saturated carbocycles. The molecule has 17 rings (SSSR count). The van der Waals surface area contributed by atoms with Crippen LogP contribution in [0.2, 0.25) is 5.15 Å². The molecule has 544 valence electrons. The summed E-state index contributed by atoms with van der Waals surface area (Å²) in [4.78, 5) is 29.0. The summed E-state index contributed by atoms with van der Waals surface area (Å²) in [6, 6.07) is 103. The average Bonchev–Trinajstić information content (AvgIpc) is 1.43. The van der Waals surface area contributed by atoms with Crippen molar-refractivity contribution in [2.75, 3.05) is 0 Å². The molecule has 109 heavy (non-hydrogen) atoms. The Morgan fingerprint density at radius 3 is 0.734 bits per heavy atom. The third-order valence-corrected chi connectivity index (χ3v) is 23.5. The van der Waals surface area contributed by atoms with Crippen LogP contribution < -0.4 is 10.9 Å². The molecule has 5 heterocycles. The molecule has 4 aliphatic rings. The standard InChI is InChI=1S/C50H40N4.C30H42B2O4.C16H11ClN2/c1-6-16-36(17-7-1)44-34-46(53-48(51-44)40-20-10-3-11-21-40)38-24-28-42(29-25-38)50(32-14-5-15-33-50)43-30-26-39(27-31-43)47-35-45(37-18-8-2-9-19-37)52-49(54-47)41-22-12-4-13-23-41;1-26(2)27(3,4)34-31(33-26)24-16-12-22(13-17-24)30(20-10-9-11-21-30)23-14-18-25(19-15-23)32-35-28(5,6)29(7,8)36-32;17-15-11-14(12-7-3-1-4-8-12)18-16(19-15)13-9-5-2-6-10-13/h1-4,6-13,16-31,34-35H,5,14-15,32-33H2;12-19H,9-11,20-21H2,1-8H3;1-11H. The van der Waals surface area contributed by atoms with Gasteiger partial charge in [0.05, 0.1) is 50.9 Å². The van der Waals surface area contributed by atoms with Crippen LogP contribution in [-0.2, 0) is 29.4 Å². The van der Waals surface area contributed by atoms with Crippen molar-refractivity contribution in [1.29, 1.82) is 0 Å². The van der Waals surface area contributed by atoms with E-state index in [4.69, 9.17) is 50.2 Å². The van der Waals surface area contributed by atoms with E-state index >= 15 is 0 Å². The molecule has 10 nitrogen and oxygen atoms in total. The van der Waals surface area contributed by atoms with Gasteiger partial charge in [0.2, 0.25) is 0 Å². The number of nitrogens with zero attached hydrogens (tertiary/aromatic N) is 6. The highest BCUT2D eigenvalue weighted by Crippen LogP contribution is 2.48. The van der Waals surface area contributed by atoms with E-state index in [1.165, 1.54) is 73.6 Å². The van der Waals surface area contributed by atoms with Gasteiger partial charge in [0.15, 0.2) is 17.5 Å². The zero-order chi connectivity index (χ0) is 75.2. The van der Waals surface area contributed by atoms with E-state index in [1.54, 1.807) is 6.07 Å². The lowest BCUT2D eigenvalue weighted by Crippen LogP contribution is -2.41. The van der Waals surface area contributed by atoms with Gasteiger partial charge in [-0.3, -0.25) is 0 Å². The number of hydrogen-bond acceptors (Lipinski definition) is 10. The molecule has 0 N–H and O–H groups in total. The molecule has 0 unspecified atom stereocenters. The average molecular weight is 1450 g/mol. The van der Waals surface area contributed by atoms with Crippen LogP contribution in [0.4, 0.5) is 0 Å². The van der Waals surface area contributed by atoms with Gasteiger partial charge in [-0.1, -0.05) is 329 Å². The fraction of sp³-hybridized carbons (Fsp3) is 0.250. The molecular formula is C96H93B2ClN6O4. The molecule has 10 aromatic carbocycles. The second-order valence-electron chi connectivity index (χ2n) is 31.4. The topological polar surface area (TPSA) is 114 Å². The highest BCUT2D eigenvalue weighted by atomic mass is 35.5. The lowest BCUT2D eigenvalue weighted by molar-refractivity contribution is 0.00578. The summed E-state index contributed by atoms with van der Waals surface area (Å²) in [6.07, 6.45) is 12.1. The number of benzene rings is 10. The minimum atomic E-state index is -0.333. The van der Waals surface area contributed by atoms with Crippen LogP contribution in [0.25, 0.3) is 90.5 Å². The second-order valence-corrected chi connectivity index (χ2v) is 31.8. The van der Waals surface area contributed by atoms with Crippen LogP contribution in [0, 0.1) is 0 Å². The largest absolute Gasteiger partial charge is 0.494 e. The minimum Gasteiger partial charge on any atom is -0.399 e. The molecule has 0 amide bonds. The second kappa shape index (κ2) is 31.7. The van der Waals surface area contributed by atoms with Crippen molar-refractivity contribution in [2.24, 2.45) is 0 Å². The Morgan fingerprint density at radius 1 is 0.248 bits per heavy atom. The van der Waals surface area contributed by atoms with E-state index in [-0.39, 0.29) is 47.5 Å². The zero-order valence-corrected chi connectivity index (χ0v) is 64.5. The quantitative estimate of drug-likeness (QED) is 0.0770. The molecule has 0 atom stereocenters. The van der Waals surface area contributed by atoms with Crippen LogP contribution >= 0.6 is 11.6 Å². The molecule has 3 aromatic heterocycles. The van der Waals surface area contributed by atoms with E-state index in [2.05, 4.69) is 247 Å². The van der Waals surface area contributed by atoms with Crippen molar-refractivity contribution in [3.05, 3.63) is 325 Å². The zero-order valence-electron chi connectivity index (χ0n) is 63.7. The van der Waals surface area contributed by atoms with E-state index < -0.39 is 0 Å². The normalized spacial score (nSPS) is 17.1. The number of aromatic nitrogens is 6. The summed E-state index contributed by atoms with van der Waals surface area (Å²) in [7, 11) is -0.656. The van der Waals surface area contributed by atoms with Crippen LogP contribution in [0.15, 0.2) is 297 Å². The Labute approximate surface area is 649 Å². The molecule has 0 bridgehead atoms. The molecule has 13 heteroatoms. The van der Waals surface area contributed by atoms with Gasteiger partial charge in [-0.25, -0.2) is 29.9 Å². The third kappa shape index (κ3) is 16.1. The number of hydrogen-bond donors (Lipinski definition) is 0. The van der Waals surface area contributed by atoms with Crippen molar-refractivity contribution in [2.45, 2.75) is 153 Å². The third-order valence-electron chi connectivity index (χ3n) is 23.3. The lowest BCUT2D eigenvalue weighted by atomic mass is 9.64. The minimum absolute atomic E-state index is 0.0289. The SMILES string of the molecule is CC1(C)OB(c2ccc(C3(c4ccc(B5OC(C)(C)C(C)(C)O5)cc4)CCCCC3)cc2)OC1(C)C.Clc1cc(-c2ccccc2)nc(-c2ccccc2)n1.c1ccc(-c2cc(-c3ccc(C4(c5ccc(-c6cc(-c7ccccc7)nc(-c7ccccc7)n6)cc5)CCCCC4)cc3)nc(-c3ccccc3)n2)cc1. The maximum atomic E-state index is 6.29. The predicted molar refractivity (Wildman–Crippen MR) is 447 cm³/mol. The van der Waals surface area contributed by atoms with Gasteiger partial charge in [0.1, 0.15) is 5.15 Å². The highest BCUT2D eigenvalue weighted by molar-refractivity contribution is 6.62. The summed E-state index contributed by atoms with van der Waals surface area (Å²) in [5.74, 6) is 2.11. The molecule has 2 saturated heterocycles. The van der Waals surface area contributed by atoms with Crippen molar-refractivity contribution in [1.82, 2.24) is 29.9 Å². The first kappa shape index (κ1) is 74.2. The smallest absolute Gasteiger partial charge is 0.399 e. The maximum absolute atomic E-state index is 6.29. The van der Waals surface area contributed by atoms with Gasteiger partial charge >= 0.3 is 14.2 Å². The van der Waals surface area contributed by atoms with Gasteiger partial charge in [-0.15, -0.1) is 0 Å². The molecule has 2 aliphatic heterocycles. The Bertz CT molecular complexity index is 4750. The van der Waals surface area contributed by atoms with Crippen LogP contribution in [0.5, 0.6) is 0 Å². The summed E-state index contributed by atoms with van der Waals surface area (Å²) in [5, 5.41) is 0.452. The highest BCUT2D eigenvalue weighted by Gasteiger charge is 2.53. The Hall–Kier alpha value is -10.3. The van der Waals surface area contributed by atoms with Crippen molar-refractivity contribution < 1.29 is 18.6 Å². The Balaban J connectivity index is 0.000000147. The number of halogens is 1. The summed E-state index contributed by atoms with van der Waals surface area (Å²) >= 11 is 6.10. The van der Waals surface area contributed by atoms with E-state index in [0.29, 0.717) is 11.0 Å². The molecule has 13 aromatic rings. The molecule has 0 radical (unpaired) electrons. The Morgan fingerprint density at radius 2 is 0.468 bits per heavy atom. The monoisotopic (exact) mass is 1450 g/mol. The molecule has 0 spiro atoms. The van der Waals surface area contributed by atoms with E-state index in [0.717, 1.165) is 108 Å². The van der Waals surface area contributed by atoms with Gasteiger partial charge in [-0.2, -0.15) is 0 Å². The van der Waals surface area contributed by atoms with Gasteiger partial charge in [-0.05, 0) is 126 Å². The van der Waals surface area contributed by atoms with Gasteiger partial charge in [0, 0.05) is 61.4 Å². The first-order valence-corrected chi connectivity index (χ1v) is 39.0. The van der Waals surface area contributed by atoms with Crippen molar-refractivity contribution in [3.63, 3.8) is 0 Å². The maximum Gasteiger partial charge on any atom is 0.494 e. The van der Waals surface area contributed by atoms with Gasteiger partial charge < -0.3 is 18.6 Å². The van der Waals surface area contributed by atoms with Crippen LogP contribution in [-0.4, -0.2) is 66.5 Å². The van der Waals surface area contributed by atoms with Crippen molar-refractivity contribution >= 4 is 36.8 Å². The predicted octanol–water partition coefficient (Wildman–Crippen LogP) is 22.5. The molecule has 2 aliphatic carbocycles. The first-order chi connectivity index (χ1) is 52.8. The number of rotatable bonds is 14. The summed E-state index contributed by atoms with van der Waals surface area (Å²) in [6.45, 7) is 16.8. The fourth-order valence-electron chi connectivity index (χ4n) is 15.6. The fourth-order valence-corrected chi connectivity index (χ4v) is 15.8. The molecular weight excluding hydrogens is 1360 g/mol. The first-order valence-electron chi connectivity index (χ1n) is 38.6. The van der Waals surface area contributed by atoms with Crippen LogP contribution in [0.1, 0.15) is 142 Å². The lowest BCUT2D eigenvalue weighted by Gasteiger charge is -2.39. The van der Waals surface area contributed by atoms with E-state index in [1.807, 2.05) is 109 Å². The van der Waals surface area contributed by atoms with Gasteiger partial charge in [0.25, 0.3) is 0 Å². The summed E-state index contributed by atoms with van der Waals surface area (Å²) in [5.41, 5.74) is 19.1. The Kier molecular flexibility index (Phi) is 21.6. The van der Waals surface area contributed by atoms with Crippen molar-refractivity contribution in [3.8, 4) is 90.5 Å².